The molecular formula is C21H20Cl2N6O5. The van der Waals surface area contributed by atoms with Gasteiger partial charge in [-0.25, -0.2) is 0 Å². The molecule has 4 rings (SSSR count). The molecule has 178 valence electrons. The number of amides is 3. The first-order valence-corrected chi connectivity index (χ1v) is 11.0. The van der Waals surface area contributed by atoms with Gasteiger partial charge < -0.3 is 21.3 Å². The lowest BCUT2D eigenvalue weighted by Crippen LogP contribution is -2.72. The van der Waals surface area contributed by atoms with Gasteiger partial charge >= 0.3 is 0 Å². The van der Waals surface area contributed by atoms with Crippen molar-refractivity contribution < 1.29 is 19.3 Å². The van der Waals surface area contributed by atoms with Crippen molar-refractivity contribution in [3.05, 3.63) is 62.1 Å². The van der Waals surface area contributed by atoms with Crippen LogP contribution in [0.3, 0.4) is 0 Å². The van der Waals surface area contributed by atoms with E-state index in [1.165, 1.54) is 24.3 Å². The maximum Gasteiger partial charge on any atom is 0.271 e. The predicted octanol–water partition coefficient (Wildman–Crippen LogP) is 2.34. The molecule has 0 saturated carbocycles. The molecule has 4 unspecified atom stereocenters. The molecule has 0 spiro atoms. The minimum atomic E-state index is -0.995. The quantitative estimate of drug-likeness (QED) is 0.307. The number of nitro benzene ring substituents is 1. The van der Waals surface area contributed by atoms with Crippen LogP contribution in [0.1, 0.15) is 12.0 Å². The highest BCUT2D eigenvalue weighted by molar-refractivity contribution is 6.36. The van der Waals surface area contributed by atoms with Gasteiger partial charge in [0.1, 0.15) is 0 Å². The third kappa shape index (κ3) is 4.91. The highest BCUT2D eigenvalue weighted by atomic mass is 35.5. The fraction of sp³-hybridized carbons (Fsp3) is 0.286. The zero-order valence-corrected chi connectivity index (χ0v) is 19.2. The van der Waals surface area contributed by atoms with E-state index in [4.69, 9.17) is 23.2 Å². The number of hydrogen-bond acceptors (Lipinski definition) is 7. The van der Waals surface area contributed by atoms with Crippen LogP contribution < -0.4 is 26.6 Å². The van der Waals surface area contributed by atoms with Crippen molar-refractivity contribution in [2.45, 2.75) is 25.8 Å². The molecule has 2 aromatic rings. The molecule has 5 N–H and O–H groups in total. The van der Waals surface area contributed by atoms with E-state index in [-0.39, 0.29) is 17.8 Å². The van der Waals surface area contributed by atoms with E-state index in [0.717, 1.165) is 0 Å². The topological polar surface area (TPSA) is 154 Å². The average molecular weight is 507 g/mol. The maximum atomic E-state index is 13.1. The summed E-state index contributed by atoms with van der Waals surface area (Å²) in [5.74, 6) is -3.36. The fourth-order valence-corrected chi connectivity index (χ4v) is 4.46. The minimum Gasteiger partial charge on any atom is -0.352 e. The summed E-state index contributed by atoms with van der Waals surface area (Å²) in [5, 5.41) is 26.0. The van der Waals surface area contributed by atoms with Gasteiger partial charge in [0.15, 0.2) is 6.29 Å². The highest BCUT2D eigenvalue weighted by Gasteiger charge is 2.48. The molecule has 11 nitrogen and oxygen atoms in total. The van der Waals surface area contributed by atoms with Crippen molar-refractivity contribution in [1.29, 1.82) is 0 Å². The fourth-order valence-electron chi connectivity index (χ4n) is 4.00. The maximum absolute atomic E-state index is 13.1. The van der Waals surface area contributed by atoms with Crippen molar-refractivity contribution in [3.8, 4) is 0 Å². The van der Waals surface area contributed by atoms with Crippen LogP contribution in [0.15, 0.2) is 36.4 Å². The standard InChI is InChI=1S/C21H20Cl2N6O5/c1-9-2-4-11(29(33)34)7-15(9)24-19(31)12-8-16(30)26-18-17(12)20(32)28-21(27-18)25-14-5-3-10(22)6-13(14)23/h2-7,12,17-18,21,25,27H,8H2,1H3,(H,24,31)(H,26,30)(H,28,32). The molecule has 2 saturated heterocycles. The molecule has 0 aliphatic carbocycles. The van der Waals surface area contributed by atoms with Crippen LogP contribution >= 0.6 is 23.2 Å². The number of benzene rings is 2. The molecule has 2 aliphatic heterocycles. The Morgan fingerprint density at radius 2 is 1.88 bits per heavy atom. The van der Waals surface area contributed by atoms with Gasteiger partial charge in [-0.3, -0.25) is 29.8 Å². The second-order valence-electron chi connectivity index (χ2n) is 8.00. The van der Waals surface area contributed by atoms with Crippen molar-refractivity contribution >= 4 is 58.0 Å². The summed E-state index contributed by atoms with van der Waals surface area (Å²) in [4.78, 5) is 48.9. The number of nitrogens with zero attached hydrogens (tertiary/aromatic N) is 1. The van der Waals surface area contributed by atoms with Gasteiger partial charge in [0.2, 0.25) is 17.7 Å². The number of carbonyl (C=O) groups excluding carboxylic acids is 3. The second kappa shape index (κ2) is 9.45. The Kier molecular flexibility index (Phi) is 6.60. The molecule has 2 fully saturated rings. The van der Waals surface area contributed by atoms with E-state index >= 15 is 0 Å². The minimum absolute atomic E-state index is 0.188. The zero-order chi connectivity index (χ0) is 24.6. The van der Waals surface area contributed by atoms with Crippen LogP contribution in [-0.2, 0) is 14.4 Å². The number of nitrogens with one attached hydrogen (secondary N) is 5. The lowest BCUT2D eigenvalue weighted by atomic mass is 9.81. The number of anilines is 2. The number of aryl methyl sites for hydroxylation is 1. The number of rotatable bonds is 5. The Balaban J connectivity index is 1.51. The first-order valence-electron chi connectivity index (χ1n) is 10.3. The largest absolute Gasteiger partial charge is 0.352 e. The van der Waals surface area contributed by atoms with E-state index in [1.54, 1.807) is 19.1 Å². The molecule has 4 atom stereocenters. The number of non-ortho nitro benzene ring substituents is 1. The van der Waals surface area contributed by atoms with Crippen molar-refractivity contribution in [1.82, 2.24) is 16.0 Å². The summed E-state index contributed by atoms with van der Waals surface area (Å²) in [7, 11) is 0. The summed E-state index contributed by atoms with van der Waals surface area (Å²) in [6.45, 7) is 1.68. The monoisotopic (exact) mass is 506 g/mol. The summed E-state index contributed by atoms with van der Waals surface area (Å²) in [6.07, 6.45) is -1.83. The number of piperidine rings is 1. The average Bonchev–Trinajstić information content (AvgIpc) is 2.76. The molecule has 13 heteroatoms. The first kappa shape index (κ1) is 23.7. The Morgan fingerprint density at radius 3 is 2.59 bits per heavy atom. The van der Waals surface area contributed by atoms with Gasteiger partial charge in [-0.1, -0.05) is 29.3 Å². The SMILES string of the molecule is Cc1ccc([N+](=O)[O-])cc1NC(=O)C1CC(=O)NC2NC(Nc3ccc(Cl)cc3Cl)NC(=O)C21. The van der Waals surface area contributed by atoms with Crippen LogP contribution in [0.4, 0.5) is 17.1 Å². The molecule has 0 aromatic heterocycles. The lowest BCUT2D eigenvalue weighted by Gasteiger charge is -2.43. The first-order chi connectivity index (χ1) is 16.1. The van der Waals surface area contributed by atoms with Crippen LogP contribution in [0.2, 0.25) is 10.0 Å². The summed E-state index contributed by atoms with van der Waals surface area (Å²) in [5.41, 5.74) is 1.15. The number of carbonyl (C=O) groups is 3. The molecule has 3 amide bonds. The van der Waals surface area contributed by atoms with Gasteiger partial charge in [-0.05, 0) is 30.7 Å². The Hall–Kier alpha value is -3.41. The van der Waals surface area contributed by atoms with E-state index in [9.17, 15) is 24.5 Å². The molecule has 2 aromatic carbocycles. The van der Waals surface area contributed by atoms with Gasteiger partial charge in [0.05, 0.1) is 39.3 Å². The third-order valence-electron chi connectivity index (χ3n) is 5.71. The van der Waals surface area contributed by atoms with Crippen LogP contribution in [-0.4, -0.2) is 35.1 Å². The van der Waals surface area contributed by atoms with Crippen LogP contribution in [0.25, 0.3) is 0 Å². The number of hydrogen-bond donors (Lipinski definition) is 5. The lowest BCUT2D eigenvalue weighted by molar-refractivity contribution is -0.384. The predicted molar refractivity (Wildman–Crippen MR) is 125 cm³/mol. The summed E-state index contributed by atoms with van der Waals surface area (Å²) >= 11 is 12.1. The van der Waals surface area contributed by atoms with Crippen LogP contribution in [0.5, 0.6) is 0 Å². The number of nitro groups is 1. The van der Waals surface area contributed by atoms with E-state index < -0.39 is 46.9 Å². The Morgan fingerprint density at radius 1 is 1.12 bits per heavy atom. The van der Waals surface area contributed by atoms with Gasteiger partial charge in [-0.2, -0.15) is 0 Å². The van der Waals surface area contributed by atoms with Gasteiger partial charge in [-0.15, -0.1) is 0 Å². The van der Waals surface area contributed by atoms with Gasteiger partial charge in [0, 0.05) is 23.6 Å². The summed E-state index contributed by atoms with van der Waals surface area (Å²) < 4.78 is 0. The molecule has 34 heavy (non-hydrogen) atoms. The van der Waals surface area contributed by atoms with E-state index in [0.29, 0.717) is 21.3 Å². The van der Waals surface area contributed by atoms with E-state index in [2.05, 4.69) is 26.6 Å². The third-order valence-corrected chi connectivity index (χ3v) is 6.26. The normalized spacial score (nSPS) is 23.9. The van der Waals surface area contributed by atoms with Crippen molar-refractivity contribution in [2.75, 3.05) is 10.6 Å². The number of halogens is 2. The van der Waals surface area contributed by atoms with Crippen molar-refractivity contribution in [2.24, 2.45) is 11.8 Å². The molecule has 0 bridgehead atoms. The molecular weight excluding hydrogens is 487 g/mol. The Bertz CT molecular complexity index is 1190. The van der Waals surface area contributed by atoms with E-state index in [1.807, 2.05) is 0 Å². The second-order valence-corrected chi connectivity index (χ2v) is 8.85. The molecule has 0 radical (unpaired) electrons. The van der Waals surface area contributed by atoms with Gasteiger partial charge in [0.25, 0.3) is 5.69 Å². The highest BCUT2D eigenvalue weighted by Crippen LogP contribution is 2.30. The summed E-state index contributed by atoms with van der Waals surface area (Å²) in [6, 6.07) is 8.88. The number of fused-ring (bicyclic) bond motifs is 1. The smallest absolute Gasteiger partial charge is 0.271 e. The zero-order valence-electron chi connectivity index (χ0n) is 17.7. The molecule has 2 aliphatic rings. The molecule has 2 heterocycles. The van der Waals surface area contributed by atoms with Crippen LogP contribution in [0, 0.1) is 28.9 Å². The van der Waals surface area contributed by atoms with Crippen molar-refractivity contribution in [3.63, 3.8) is 0 Å². The Labute approximate surface area is 203 Å².